The van der Waals surface area contributed by atoms with E-state index in [1.54, 1.807) is 0 Å². The van der Waals surface area contributed by atoms with Crippen molar-refractivity contribution in [2.45, 2.75) is 9.79 Å². The number of aromatic hydroxyl groups is 2. The summed E-state index contributed by atoms with van der Waals surface area (Å²) in [6.45, 7) is 0. The molecule has 16 heteroatoms. The number of nitrogens with one attached hydrogen (secondary N) is 2. The molecule has 0 atom stereocenters. The largest absolute Gasteiger partial charge is 0.505 e. The molecule has 0 aromatic heterocycles. The van der Waals surface area contributed by atoms with Gasteiger partial charge in [0.1, 0.15) is 32.8 Å². The summed E-state index contributed by atoms with van der Waals surface area (Å²) < 4.78 is 102. The number of hydrogen-bond acceptors (Lipinski definition) is 10. The van der Waals surface area contributed by atoms with Crippen LogP contribution in [0.4, 0.5) is 20.2 Å². The number of hydrogen-bond donors (Lipinski definition) is 6. The highest BCUT2D eigenvalue weighted by Gasteiger charge is 2.31. The number of nitrogens with zero attached hydrogens (tertiary/aromatic N) is 2. The number of halogens is 2. The highest BCUT2D eigenvalue weighted by Crippen LogP contribution is 2.50. The van der Waals surface area contributed by atoms with E-state index >= 15 is 8.78 Å². The summed E-state index contributed by atoms with van der Waals surface area (Å²) in [5.41, 5.74) is 12.0. The van der Waals surface area contributed by atoms with Crippen molar-refractivity contribution in [3.05, 3.63) is 96.6 Å². The molecule has 0 unspecified atom stereocenters. The molecule has 48 heavy (non-hydrogen) atoms. The third-order valence-electron chi connectivity index (χ3n) is 7.79. The maximum Gasteiger partial charge on any atom is 0.297 e. The maximum atomic E-state index is 15.9. The maximum absolute atomic E-state index is 15.9. The SMILES string of the molecule is N=Nc1c(S(=O)(=O)O)c(-c2ccc(-c3ccc(-c4c(S(=O)(=O)O)c(N=N)c(O)c5ccccc45)c(F)c3)cc2F)c2ccccc2c1O. The predicted octanol–water partition coefficient (Wildman–Crippen LogP) is 8.50. The smallest absolute Gasteiger partial charge is 0.297 e. The predicted molar refractivity (Wildman–Crippen MR) is 170 cm³/mol. The van der Waals surface area contributed by atoms with Crippen molar-refractivity contribution in [1.29, 1.82) is 11.1 Å². The minimum absolute atomic E-state index is 0.0200. The average molecular weight is 691 g/mol. The second-order valence-electron chi connectivity index (χ2n) is 10.5. The quantitative estimate of drug-likeness (QED) is 0.0702. The summed E-state index contributed by atoms with van der Waals surface area (Å²) in [4.78, 5) is -1.99. The molecule has 0 fully saturated rings. The van der Waals surface area contributed by atoms with Gasteiger partial charge in [-0.1, -0.05) is 72.8 Å². The fourth-order valence-electron chi connectivity index (χ4n) is 5.81. The lowest BCUT2D eigenvalue weighted by atomic mass is 9.92. The van der Waals surface area contributed by atoms with Gasteiger partial charge in [0.05, 0.1) is 0 Å². The highest BCUT2D eigenvalue weighted by molar-refractivity contribution is 7.86. The second kappa shape index (κ2) is 11.5. The zero-order valence-electron chi connectivity index (χ0n) is 24.0. The lowest BCUT2D eigenvalue weighted by molar-refractivity contribution is 0.471. The molecule has 0 aliphatic carbocycles. The van der Waals surface area contributed by atoms with Gasteiger partial charge in [-0.3, -0.25) is 9.11 Å². The fraction of sp³-hybridized carbons (Fsp3) is 0. The molecule has 0 bridgehead atoms. The standard InChI is InChI=1S/C32H20F2N4O8S2/c33-23-13-15(9-11-21(23)25-17-5-1-3-7-19(17)29(39)27(37-35)31(25)47(41,42)43)16-10-12-22(24(34)14-16)26-18-6-2-4-8-20(18)30(40)28(38-36)32(26)48(44,45)46/h1-14,35-36,39-40H,(H,41,42,43)(H,44,45,46). The van der Waals surface area contributed by atoms with Crippen LogP contribution in [-0.2, 0) is 20.2 Å². The first-order valence-corrected chi connectivity index (χ1v) is 16.4. The van der Waals surface area contributed by atoms with Gasteiger partial charge in [0.2, 0.25) is 0 Å². The number of phenolic OH excluding ortho intramolecular Hbond substituents is 2. The van der Waals surface area contributed by atoms with Gasteiger partial charge >= 0.3 is 0 Å². The molecular weight excluding hydrogens is 671 g/mol. The van der Waals surface area contributed by atoms with Gasteiger partial charge in [0, 0.05) is 33.0 Å². The number of benzene rings is 6. The molecule has 0 radical (unpaired) electrons. The molecule has 6 aromatic rings. The van der Waals surface area contributed by atoms with Crippen LogP contribution in [0.25, 0.3) is 54.9 Å². The summed E-state index contributed by atoms with van der Waals surface area (Å²) in [6, 6.07) is 18.4. The van der Waals surface area contributed by atoms with Crippen LogP contribution in [0.5, 0.6) is 11.5 Å². The van der Waals surface area contributed by atoms with Crippen LogP contribution in [0.2, 0.25) is 0 Å². The third kappa shape index (κ3) is 5.12. The van der Waals surface area contributed by atoms with E-state index in [0.29, 0.717) is 0 Å². The molecule has 0 amide bonds. The van der Waals surface area contributed by atoms with Crippen LogP contribution in [-0.4, -0.2) is 36.2 Å². The molecule has 0 aliphatic heterocycles. The van der Waals surface area contributed by atoms with E-state index in [1.807, 2.05) is 0 Å². The summed E-state index contributed by atoms with van der Waals surface area (Å²) in [5, 5.41) is 27.5. The number of phenols is 2. The van der Waals surface area contributed by atoms with E-state index in [1.165, 1.54) is 60.7 Å². The monoisotopic (exact) mass is 690 g/mol. The molecule has 12 nitrogen and oxygen atoms in total. The molecule has 242 valence electrons. The molecule has 0 spiro atoms. The van der Waals surface area contributed by atoms with Crippen LogP contribution in [0.15, 0.2) is 105 Å². The van der Waals surface area contributed by atoms with Crippen LogP contribution in [0, 0.1) is 22.7 Å². The van der Waals surface area contributed by atoms with Gasteiger partial charge < -0.3 is 10.2 Å². The van der Waals surface area contributed by atoms with Crippen LogP contribution >= 0.6 is 0 Å². The Morgan fingerprint density at radius 1 is 0.542 bits per heavy atom. The van der Waals surface area contributed by atoms with Gasteiger partial charge in [-0.25, -0.2) is 19.8 Å². The molecular formula is C32H20F2N4O8S2. The van der Waals surface area contributed by atoms with Gasteiger partial charge in [0.15, 0.2) is 11.5 Å². The zero-order chi connectivity index (χ0) is 34.7. The average Bonchev–Trinajstić information content (AvgIpc) is 3.04. The summed E-state index contributed by atoms with van der Waals surface area (Å²) in [5.74, 6) is -3.50. The molecule has 0 saturated carbocycles. The van der Waals surface area contributed by atoms with Crippen molar-refractivity contribution >= 4 is 53.2 Å². The van der Waals surface area contributed by atoms with Crippen LogP contribution in [0.1, 0.15) is 0 Å². The molecule has 0 aliphatic rings. The highest BCUT2D eigenvalue weighted by atomic mass is 32.2. The molecule has 6 aromatic carbocycles. The molecule has 6 N–H and O–H groups in total. The first-order valence-electron chi connectivity index (χ1n) is 13.5. The van der Waals surface area contributed by atoms with Crippen molar-refractivity contribution in [3.8, 4) is 44.9 Å². The number of rotatable bonds is 7. The second-order valence-corrected chi connectivity index (χ2v) is 13.2. The summed E-state index contributed by atoms with van der Waals surface area (Å²) in [6.07, 6.45) is 0. The van der Waals surface area contributed by atoms with E-state index in [9.17, 15) is 36.2 Å². The van der Waals surface area contributed by atoms with Crippen molar-refractivity contribution in [3.63, 3.8) is 0 Å². The van der Waals surface area contributed by atoms with Crippen molar-refractivity contribution in [2.24, 2.45) is 10.2 Å². The Labute approximate surface area is 270 Å². The van der Waals surface area contributed by atoms with Crippen molar-refractivity contribution < 1.29 is 44.9 Å². The summed E-state index contributed by atoms with van der Waals surface area (Å²) in [7, 11) is -10.4. The van der Waals surface area contributed by atoms with E-state index in [0.717, 1.165) is 24.3 Å². The van der Waals surface area contributed by atoms with Gasteiger partial charge in [0.25, 0.3) is 20.2 Å². The Hall–Kier alpha value is -5.68. The first kappa shape index (κ1) is 32.3. The van der Waals surface area contributed by atoms with E-state index in [4.69, 9.17) is 11.1 Å². The Bertz CT molecular complexity index is 2430. The Morgan fingerprint density at radius 3 is 1.17 bits per heavy atom. The van der Waals surface area contributed by atoms with Crippen LogP contribution < -0.4 is 0 Å². The van der Waals surface area contributed by atoms with Gasteiger partial charge in [-0.2, -0.15) is 27.1 Å². The van der Waals surface area contributed by atoms with E-state index in [-0.39, 0.29) is 54.9 Å². The van der Waals surface area contributed by atoms with E-state index in [2.05, 4.69) is 10.2 Å². The van der Waals surface area contributed by atoms with E-state index < -0.39 is 64.5 Å². The van der Waals surface area contributed by atoms with Gasteiger partial charge in [-0.05, 0) is 34.0 Å². The lowest BCUT2D eigenvalue weighted by Gasteiger charge is -2.17. The number of fused-ring (bicyclic) bond motifs is 2. The van der Waals surface area contributed by atoms with Crippen molar-refractivity contribution in [2.75, 3.05) is 0 Å². The van der Waals surface area contributed by atoms with Crippen molar-refractivity contribution in [1.82, 2.24) is 0 Å². The zero-order valence-corrected chi connectivity index (χ0v) is 25.6. The van der Waals surface area contributed by atoms with Gasteiger partial charge in [-0.15, -0.1) is 0 Å². The summed E-state index contributed by atoms with van der Waals surface area (Å²) >= 11 is 0. The Morgan fingerprint density at radius 2 is 0.875 bits per heavy atom. The molecule has 0 saturated heterocycles. The molecule has 6 rings (SSSR count). The Balaban J connectivity index is 1.56. The minimum atomic E-state index is -5.18. The third-order valence-corrected chi connectivity index (χ3v) is 9.61. The van der Waals surface area contributed by atoms with Crippen LogP contribution in [0.3, 0.4) is 0 Å². The minimum Gasteiger partial charge on any atom is -0.505 e. The molecule has 0 heterocycles. The topological polar surface area (TPSA) is 222 Å². The fourth-order valence-corrected chi connectivity index (χ4v) is 7.54. The lowest BCUT2D eigenvalue weighted by Crippen LogP contribution is -2.04. The Kier molecular flexibility index (Phi) is 7.75. The normalized spacial score (nSPS) is 12.0. The first-order chi connectivity index (χ1) is 22.7.